The zero-order chi connectivity index (χ0) is 22.3. The second-order valence-corrected chi connectivity index (χ2v) is 9.04. The third-order valence-electron chi connectivity index (χ3n) is 5.82. The van der Waals surface area contributed by atoms with E-state index in [1.54, 1.807) is 35.5 Å². The largest absolute Gasteiger partial charge is 0.497 e. The van der Waals surface area contributed by atoms with Gasteiger partial charge in [-0.05, 0) is 54.1 Å². The summed E-state index contributed by atoms with van der Waals surface area (Å²) in [4.78, 5) is 29.8. The fourth-order valence-corrected chi connectivity index (χ4v) is 4.91. The Kier molecular flexibility index (Phi) is 7.27. The molecular weight excluding hydrogens is 424 g/mol. The molecule has 1 aromatic carbocycles. The van der Waals surface area contributed by atoms with Gasteiger partial charge >= 0.3 is 0 Å². The van der Waals surface area contributed by atoms with Crippen LogP contribution in [0.4, 0.5) is 0 Å². The van der Waals surface area contributed by atoms with Crippen molar-refractivity contribution in [2.24, 2.45) is 0 Å². The zero-order valence-electron chi connectivity index (χ0n) is 18.2. The molecule has 7 heteroatoms. The third-order valence-corrected chi connectivity index (χ3v) is 6.68. The quantitative estimate of drug-likeness (QED) is 0.511. The van der Waals surface area contributed by atoms with E-state index in [2.05, 4.69) is 5.32 Å². The van der Waals surface area contributed by atoms with Gasteiger partial charge in [-0.1, -0.05) is 37.5 Å². The van der Waals surface area contributed by atoms with Crippen LogP contribution in [-0.4, -0.2) is 29.9 Å². The van der Waals surface area contributed by atoms with Crippen LogP contribution in [0.25, 0.3) is 0 Å². The maximum absolute atomic E-state index is 13.7. The van der Waals surface area contributed by atoms with Crippen molar-refractivity contribution in [1.82, 2.24) is 10.2 Å². The van der Waals surface area contributed by atoms with Gasteiger partial charge in [0, 0.05) is 10.9 Å². The maximum Gasteiger partial charge on any atom is 0.290 e. The smallest absolute Gasteiger partial charge is 0.290 e. The average Bonchev–Trinajstić information content (AvgIpc) is 3.54. The molecular formula is C25H28N2O4S. The molecule has 1 N–H and O–H groups in total. The summed E-state index contributed by atoms with van der Waals surface area (Å²) < 4.78 is 10.8. The van der Waals surface area contributed by atoms with Gasteiger partial charge in [0.1, 0.15) is 11.8 Å². The van der Waals surface area contributed by atoms with Crippen molar-refractivity contribution < 1.29 is 18.7 Å². The molecule has 1 unspecified atom stereocenters. The molecule has 2 aromatic heterocycles. The highest BCUT2D eigenvalue weighted by molar-refractivity contribution is 7.09. The molecule has 0 bridgehead atoms. The summed E-state index contributed by atoms with van der Waals surface area (Å²) in [5, 5.41) is 5.18. The van der Waals surface area contributed by atoms with E-state index < -0.39 is 6.04 Å². The summed E-state index contributed by atoms with van der Waals surface area (Å²) >= 11 is 1.55. The Morgan fingerprint density at radius 2 is 2.00 bits per heavy atom. The summed E-state index contributed by atoms with van der Waals surface area (Å²) in [5.74, 6) is 0.344. The van der Waals surface area contributed by atoms with Gasteiger partial charge in [-0.25, -0.2) is 0 Å². The number of carbonyl (C=O) groups is 2. The first-order chi connectivity index (χ1) is 15.7. The first-order valence-electron chi connectivity index (χ1n) is 11.0. The predicted octanol–water partition coefficient (Wildman–Crippen LogP) is 5.18. The Morgan fingerprint density at radius 3 is 2.69 bits per heavy atom. The SMILES string of the molecule is COc1cccc(C(C(=O)NC2CCCCC2)N(Cc2cccs2)C(=O)c2ccco2)c1. The van der Waals surface area contributed by atoms with E-state index in [4.69, 9.17) is 9.15 Å². The molecule has 32 heavy (non-hydrogen) atoms. The van der Waals surface area contributed by atoms with Crippen molar-refractivity contribution in [2.45, 2.75) is 50.7 Å². The van der Waals surface area contributed by atoms with Gasteiger partial charge in [-0.15, -0.1) is 11.3 Å². The van der Waals surface area contributed by atoms with E-state index in [1.165, 1.54) is 12.7 Å². The summed E-state index contributed by atoms with van der Waals surface area (Å²) in [6.45, 7) is 0.303. The molecule has 1 aliphatic rings. The number of nitrogens with one attached hydrogen (secondary N) is 1. The molecule has 0 aliphatic heterocycles. The minimum absolute atomic E-state index is 0.131. The molecule has 2 amide bonds. The molecule has 1 fully saturated rings. The fraction of sp³-hybridized carbons (Fsp3) is 0.360. The number of benzene rings is 1. The van der Waals surface area contributed by atoms with Crippen molar-refractivity contribution in [3.63, 3.8) is 0 Å². The van der Waals surface area contributed by atoms with Gasteiger partial charge in [0.15, 0.2) is 5.76 Å². The van der Waals surface area contributed by atoms with Gasteiger partial charge in [0.05, 0.1) is 19.9 Å². The number of carbonyl (C=O) groups excluding carboxylic acids is 2. The highest BCUT2D eigenvalue weighted by Crippen LogP contribution is 2.30. The number of thiophene rings is 1. The zero-order valence-corrected chi connectivity index (χ0v) is 19.0. The Morgan fingerprint density at radius 1 is 1.16 bits per heavy atom. The number of amides is 2. The van der Waals surface area contributed by atoms with E-state index >= 15 is 0 Å². The second-order valence-electron chi connectivity index (χ2n) is 8.01. The molecule has 4 rings (SSSR count). The average molecular weight is 453 g/mol. The van der Waals surface area contributed by atoms with Gasteiger partial charge in [0.2, 0.25) is 5.91 Å². The third kappa shape index (κ3) is 5.22. The molecule has 1 saturated carbocycles. The minimum Gasteiger partial charge on any atom is -0.497 e. The number of hydrogen-bond acceptors (Lipinski definition) is 5. The summed E-state index contributed by atoms with van der Waals surface area (Å²) in [6, 6.07) is 13.9. The van der Waals surface area contributed by atoms with Crippen molar-refractivity contribution in [3.8, 4) is 5.75 Å². The highest BCUT2D eigenvalue weighted by Gasteiger charge is 2.35. The normalized spacial score (nSPS) is 15.2. The van der Waals surface area contributed by atoms with E-state index in [0.717, 1.165) is 30.6 Å². The van der Waals surface area contributed by atoms with E-state index in [9.17, 15) is 9.59 Å². The van der Waals surface area contributed by atoms with Crippen molar-refractivity contribution in [1.29, 1.82) is 0 Å². The van der Waals surface area contributed by atoms with Gasteiger partial charge in [-0.3, -0.25) is 9.59 Å². The van der Waals surface area contributed by atoms with Crippen molar-refractivity contribution >= 4 is 23.2 Å². The number of hydrogen-bond donors (Lipinski definition) is 1. The number of furan rings is 1. The monoisotopic (exact) mass is 452 g/mol. The van der Waals surface area contributed by atoms with Gasteiger partial charge in [-0.2, -0.15) is 0 Å². The van der Waals surface area contributed by atoms with Crippen molar-refractivity contribution in [2.75, 3.05) is 7.11 Å². The Bertz CT molecular complexity index is 1010. The predicted molar refractivity (Wildman–Crippen MR) is 124 cm³/mol. The van der Waals surface area contributed by atoms with Crippen molar-refractivity contribution in [3.05, 3.63) is 76.4 Å². The van der Waals surface area contributed by atoms with E-state index in [-0.39, 0.29) is 23.6 Å². The van der Waals surface area contributed by atoms with Crippen LogP contribution in [0.1, 0.15) is 59.1 Å². The van der Waals surface area contributed by atoms with Crippen LogP contribution < -0.4 is 10.1 Å². The fourth-order valence-electron chi connectivity index (χ4n) is 4.20. The summed E-state index contributed by atoms with van der Waals surface area (Å²) in [7, 11) is 1.59. The number of rotatable bonds is 8. The Hall–Kier alpha value is -3.06. The van der Waals surface area contributed by atoms with Gasteiger partial charge < -0.3 is 19.4 Å². The number of methoxy groups -OCH3 is 1. The van der Waals surface area contributed by atoms with E-state index in [1.807, 2.05) is 41.8 Å². The summed E-state index contributed by atoms with van der Waals surface area (Å²) in [6.07, 6.45) is 6.83. The lowest BCUT2D eigenvalue weighted by molar-refractivity contribution is -0.127. The number of nitrogens with zero attached hydrogens (tertiary/aromatic N) is 1. The lowest BCUT2D eigenvalue weighted by Crippen LogP contribution is -2.46. The van der Waals surface area contributed by atoms with Crippen LogP contribution in [0.2, 0.25) is 0 Å². The first-order valence-corrected chi connectivity index (χ1v) is 11.8. The molecule has 3 aromatic rings. The standard InChI is InChI=1S/C25H28N2O4S/c1-30-20-11-5-8-18(16-20)23(24(28)26-19-9-3-2-4-10-19)27(17-21-12-7-15-32-21)25(29)22-13-6-14-31-22/h5-8,11-16,19,23H,2-4,9-10,17H2,1H3,(H,26,28). The second kappa shape index (κ2) is 10.5. The lowest BCUT2D eigenvalue weighted by Gasteiger charge is -2.33. The van der Waals surface area contributed by atoms with Crippen LogP contribution in [0.3, 0.4) is 0 Å². The minimum atomic E-state index is -0.813. The number of ether oxygens (including phenoxy) is 1. The summed E-state index contributed by atoms with van der Waals surface area (Å²) in [5.41, 5.74) is 0.703. The molecule has 1 atom stereocenters. The van der Waals surface area contributed by atoms with Crippen LogP contribution in [0, 0.1) is 0 Å². The van der Waals surface area contributed by atoms with Crippen LogP contribution in [0.5, 0.6) is 5.75 Å². The molecule has 168 valence electrons. The molecule has 0 saturated heterocycles. The topological polar surface area (TPSA) is 71.8 Å². The lowest BCUT2D eigenvalue weighted by atomic mass is 9.94. The van der Waals surface area contributed by atoms with E-state index in [0.29, 0.717) is 17.9 Å². The Labute approximate surface area is 192 Å². The molecule has 2 heterocycles. The highest BCUT2D eigenvalue weighted by atomic mass is 32.1. The molecule has 1 aliphatic carbocycles. The molecule has 0 radical (unpaired) electrons. The Balaban J connectivity index is 1.72. The first kappa shape index (κ1) is 22.1. The van der Waals surface area contributed by atoms with Crippen LogP contribution in [0.15, 0.2) is 64.6 Å². The van der Waals surface area contributed by atoms with Crippen LogP contribution in [-0.2, 0) is 11.3 Å². The van der Waals surface area contributed by atoms with Crippen LogP contribution >= 0.6 is 11.3 Å². The maximum atomic E-state index is 13.7. The van der Waals surface area contributed by atoms with Gasteiger partial charge in [0.25, 0.3) is 5.91 Å². The molecule has 6 nitrogen and oxygen atoms in total. The molecule has 0 spiro atoms.